The van der Waals surface area contributed by atoms with Gasteiger partial charge in [-0.15, -0.1) is 11.3 Å². The van der Waals surface area contributed by atoms with E-state index in [1.54, 1.807) is 39.0 Å². The molecule has 1 atom stereocenters. The van der Waals surface area contributed by atoms with E-state index in [0.29, 0.717) is 30.8 Å². The van der Waals surface area contributed by atoms with Gasteiger partial charge in [-0.05, 0) is 89.7 Å². The van der Waals surface area contributed by atoms with Crippen molar-refractivity contribution < 1.29 is 16.8 Å². The van der Waals surface area contributed by atoms with Crippen LogP contribution < -0.4 is 9.44 Å². The Morgan fingerprint density at radius 3 is 2.03 bits per heavy atom. The molecule has 0 aliphatic heterocycles. The van der Waals surface area contributed by atoms with Gasteiger partial charge >= 0.3 is 0 Å². The molecule has 0 aromatic carbocycles. The van der Waals surface area contributed by atoms with Crippen LogP contribution in [0.2, 0.25) is 0 Å². The first-order valence-corrected chi connectivity index (χ1v) is 14.9. The Bertz CT molecular complexity index is 868. The van der Waals surface area contributed by atoms with Crippen molar-refractivity contribution in [3.8, 4) is 0 Å². The lowest BCUT2D eigenvalue weighted by molar-refractivity contribution is 0.247. The molecule has 0 bridgehead atoms. The molecule has 0 spiro atoms. The second kappa shape index (κ2) is 10.9. The van der Waals surface area contributed by atoms with Gasteiger partial charge in [-0.1, -0.05) is 6.92 Å². The summed E-state index contributed by atoms with van der Waals surface area (Å²) in [6.07, 6.45) is 5.23. The zero-order valence-corrected chi connectivity index (χ0v) is 21.3. The lowest BCUT2D eigenvalue weighted by atomic mass is 9.76. The van der Waals surface area contributed by atoms with Crippen molar-refractivity contribution in [3.63, 3.8) is 0 Å². The molecule has 9 heteroatoms. The molecule has 0 amide bonds. The number of hydrogen-bond acceptors (Lipinski definition) is 5. The zero-order valence-electron chi connectivity index (χ0n) is 18.8. The molecule has 1 aromatic rings. The van der Waals surface area contributed by atoms with Crippen molar-refractivity contribution in [3.05, 3.63) is 21.9 Å². The van der Waals surface area contributed by atoms with Crippen LogP contribution in [0, 0.1) is 11.8 Å². The molecule has 1 unspecified atom stereocenters. The van der Waals surface area contributed by atoms with Crippen LogP contribution >= 0.6 is 11.3 Å². The largest absolute Gasteiger partial charge is 0.215 e. The second-order valence-corrected chi connectivity index (χ2v) is 14.9. The molecular weight excluding hydrogens is 440 g/mol. The summed E-state index contributed by atoms with van der Waals surface area (Å²) in [7, 11) is -6.40. The van der Waals surface area contributed by atoms with Crippen LogP contribution in [0.1, 0.15) is 76.0 Å². The molecular formula is C21H38N2O4S3. The van der Waals surface area contributed by atoms with Gasteiger partial charge in [0.25, 0.3) is 0 Å². The van der Waals surface area contributed by atoms with Crippen LogP contribution in [0.4, 0.5) is 0 Å². The fourth-order valence-electron chi connectivity index (χ4n) is 3.79. The number of nitrogens with one attached hydrogen (secondary N) is 2. The molecule has 1 aliphatic rings. The van der Waals surface area contributed by atoms with Crippen LogP contribution in [0.15, 0.2) is 12.1 Å². The molecule has 2 rings (SSSR count). The summed E-state index contributed by atoms with van der Waals surface area (Å²) >= 11 is 1.80. The van der Waals surface area contributed by atoms with Crippen LogP contribution in [0.5, 0.6) is 0 Å². The monoisotopic (exact) mass is 478 g/mol. The van der Waals surface area contributed by atoms with Crippen LogP contribution in [0.25, 0.3) is 0 Å². The van der Waals surface area contributed by atoms with Gasteiger partial charge in [0.2, 0.25) is 20.0 Å². The Morgan fingerprint density at radius 1 is 0.900 bits per heavy atom. The minimum atomic E-state index is -3.20. The van der Waals surface area contributed by atoms with E-state index in [-0.39, 0.29) is 0 Å². The van der Waals surface area contributed by atoms with E-state index in [9.17, 15) is 16.8 Å². The first kappa shape index (κ1) is 25.8. The standard InChI is InChI=1S/C21H38N2O4S3/c1-15(2)29(24,25)22-13-12-20-10-11-21(28-20)19-8-6-18(7-9-19)17(5)14-23-30(26,27)16(3)4/h10-11,15-19,22-23H,6-9,12-14H2,1-5H3. The third-order valence-electron chi connectivity index (χ3n) is 6.18. The predicted molar refractivity (Wildman–Crippen MR) is 126 cm³/mol. The molecule has 1 saturated carbocycles. The molecule has 1 heterocycles. The van der Waals surface area contributed by atoms with E-state index < -0.39 is 30.5 Å². The smallest absolute Gasteiger partial charge is 0.213 e. The fraction of sp³-hybridized carbons (Fsp3) is 0.810. The maximum Gasteiger partial charge on any atom is 0.213 e. The third kappa shape index (κ3) is 7.29. The van der Waals surface area contributed by atoms with Gasteiger partial charge in [-0.3, -0.25) is 0 Å². The Kier molecular flexibility index (Phi) is 9.36. The summed E-state index contributed by atoms with van der Waals surface area (Å²) in [5.41, 5.74) is 0. The highest BCUT2D eigenvalue weighted by Crippen LogP contribution is 2.41. The number of rotatable bonds is 11. The van der Waals surface area contributed by atoms with Gasteiger partial charge < -0.3 is 0 Å². The van der Waals surface area contributed by atoms with E-state index >= 15 is 0 Å². The average Bonchev–Trinajstić information content (AvgIpc) is 3.14. The Hall–Kier alpha value is -0.480. The van der Waals surface area contributed by atoms with Crippen molar-refractivity contribution in [1.29, 1.82) is 0 Å². The Labute approximate surface area is 187 Å². The highest BCUT2D eigenvalue weighted by molar-refractivity contribution is 7.90. The molecule has 6 nitrogen and oxygen atoms in total. The van der Waals surface area contributed by atoms with Gasteiger partial charge in [0.1, 0.15) is 0 Å². The third-order valence-corrected chi connectivity index (χ3v) is 11.1. The Morgan fingerprint density at radius 2 is 1.47 bits per heavy atom. The SMILES string of the molecule is CC(CNS(=O)(=O)C(C)C)C1CCC(c2ccc(CCNS(=O)(=O)C(C)C)s2)CC1. The summed E-state index contributed by atoms with van der Waals surface area (Å²) in [4.78, 5) is 2.61. The minimum Gasteiger partial charge on any atom is -0.215 e. The van der Waals surface area contributed by atoms with Gasteiger partial charge in [-0.25, -0.2) is 26.3 Å². The molecule has 1 aromatic heterocycles. The molecule has 2 N–H and O–H groups in total. The van der Waals surface area contributed by atoms with Gasteiger partial charge in [0.15, 0.2) is 0 Å². The topological polar surface area (TPSA) is 92.3 Å². The van der Waals surface area contributed by atoms with E-state index in [0.717, 1.165) is 32.1 Å². The molecule has 174 valence electrons. The average molecular weight is 479 g/mol. The highest BCUT2D eigenvalue weighted by Gasteiger charge is 2.28. The number of thiophene rings is 1. The van der Waals surface area contributed by atoms with Crippen molar-refractivity contribution in [2.24, 2.45) is 11.8 Å². The van der Waals surface area contributed by atoms with Crippen LogP contribution in [-0.2, 0) is 26.5 Å². The summed E-state index contributed by atoms with van der Waals surface area (Å²) in [5.74, 6) is 1.46. The van der Waals surface area contributed by atoms with Crippen LogP contribution in [0.3, 0.4) is 0 Å². The van der Waals surface area contributed by atoms with E-state index in [4.69, 9.17) is 0 Å². The van der Waals surface area contributed by atoms with E-state index in [1.807, 2.05) is 0 Å². The lowest BCUT2D eigenvalue weighted by Gasteiger charge is -2.32. The van der Waals surface area contributed by atoms with Crippen molar-refractivity contribution in [1.82, 2.24) is 9.44 Å². The predicted octanol–water partition coefficient (Wildman–Crippen LogP) is 3.86. The van der Waals surface area contributed by atoms with Crippen molar-refractivity contribution in [2.45, 2.75) is 83.1 Å². The fourth-order valence-corrected chi connectivity index (χ4v) is 6.51. The highest BCUT2D eigenvalue weighted by atomic mass is 32.2. The maximum absolute atomic E-state index is 12.0. The Balaban J connectivity index is 1.79. The first-order chi connectivity index (χ1) is 13.9. The molecule has 0 saturated heterocycles. The van der Waals surface area contributed by atoms with E-state index in [1.165, 1.54) is 9.75 Å². The summed E-state index contributed by atoms with van der Waals surface area (Å²) in [6, 6.07) is 4.32. The number of hydrogen-bond donors (Lipinski definition) is 2. The van der Waals surface area contributed by atoms with Gasteiger partial charge in [0, 0.05) is 22.8 Å². The first-order valence-electron chi connectivity index (χ1n) is 11.0. The second-order valence-electron chi connectivity index (χ2n) is 9.07. The minimum absolute atomic E-state index is 0.340. The summed E-state index contributed by atoms with van der Waals surface area (Å²) < 4.78 is 53.1. The molecule has 1 aliphatic carbocycles. The van der Waals surface area contributed by atoms with Gasteiger partial charge in [-0.2, -0.15) is 0 Å². The maximum atomic E-state index is 12.0. The lowest BCUT2D eigenvalue weighted by Crippen LogP contribution is -2.36. The van der Waals surface area contributed by atoms with Crippen molar-refractivity contribution in [2.75, 3.05) is 13.1 Å². The van der Waals surface area contributed by atoms with Crippen molar-refractivity contribution >= 4 is 31.4 Å². The quantitative estimate of drug-likeness (QED) is 0.505. The molecule has 30 heavy (non-hydrogen) atoms. The molecule has 1 fully saturated rings. The van der Waals surface area contributed by atoms with Crippen LogP contribution in [-0.4, -0.2) is 40.4 Å². The molecule has 0 radical (unpaired) electrons. The summed E-state index contributed by atoms with van der Waals surface area (Å²) in [6.45, 7) is 9.88. The van der Waals surface area contributed by atoms with Gasteiger partial charge in [0.05, 0.1) is 10.5 Å². The van der Waals surface area contributed by atoms with E-state index in [2.05, 4.69) is 28.5 Å². The number of sulfonamides is 2. The zero-order chi connectivity index (χ0) is 22.5. The summed E-state index contributed by atoms with van der Waals surface area (Å²) in [5, 5.41) is -0.802. The normalized spacial score (nSPS) is 22.0.